The second-order valence-corrected chi connectivity index (χ2v) is 7.99. The number of esters is 1. The van der Waals surface area contributed by atoms with E-state index in [1.807, 2.05) is 25.3 Å². The number of aromatic amines is 1. The molecule has 2 heterocycles. The Morgan fingerprint density at radius 1 is 1.29 bits per heavy atom. The van der Waals surface area contributed by atoms with E-state index in [0.29, 0.717) is 6.42 Å². The molecule has 28 heavy (non-hydrogen) atoms. The number of fused-ring (bicyclic) bond motifs is 1. The summed E-state index contributed by atoms with van der Waals surface area (Å²) in [5.41, 5.74) is 4.40. The SMILES string of the molecule is CC[C@@H](C)NC(=O)COC(=O)CCc1c(-c2cccs2)[nH]c2ccc(C)cc12. The van der Waals surface area contributed by atoms with Gasteiger partial charge in [-0.3, -0.25) is 9.59 Å². The zero-order valence-electron chi connectivity index (χ0n) is 16.5. The molecule has 2 N–H and O–H groups in total. The molecule has 1 aromatic carbocycles. The number of thiophene rings is 1. The number of rotatable bonds is 8. The Labute approximate surface area is 169 Å². The first-order valence-corrected chi connectivity index (χ1v) is 10.5. The first-order chi connectivity index (χ1) is 13.5. The summed E-state index contributed by atoms with van der Waals surface area (Å²) in [4.78, 5) is 28.6. The highest BCUT2D eigenvalue weighted by Gasteiger charge is 2.16. The Morgan fingerprint density at radius 3 is 2.82 bits per heavy atom. The molecule has 148 valence electrons. The number of nitrogens with one attached hydrogen (secondary N) is 2. The Morgan fingerprint density at radius 2 is 2.11 bits per heavy atom. The number of ether oxygens (including phenoxy) is 1. The minimum atomic E-state index is -0.363. The zero-order chi connectivity index (χ0) is 20.1. The van der Waals surface area contributed by atoms with Crippen LogP contribution in [-0.4, -0.2) is 29.5 Å². The van der Waals surface area contributed by atoms with E-state index >= 15 is 0 Å². The normalized spacial score (nSPS) is 12.1. The van der Waals surface area contributed by atoms with Crippen molar-refractivity contribution in [1.29, 1.82) is 0 Å². The third-order valence-electron chi connectivity index (χ3n) is 4.79. The van der Waals surface area contributed by atoms with Crippen molar-refractivity contribution in [1.82, 2.24) is 10.3 Å². The standard InChI is InChI=1S/C22H26N2O3S/c1-4-15(3)23-20(25)13-27-21(26)10-8-16-17-12-14(2)7-9-18(17)24-22(16)19-6-5-11-28-19/h5-7,9,11-12,15,24H,4,8,10,13H2,1-3H3,(H,23,25)/t15-/m1/s1. The molecule has 0 bridgehead atoms. The largest absolute Gasteiger partial charge is 0.456 e. The molecule has 1 amide bonds. The van der Waals surface area contributed by atoms with Gasteiger partial charge >= 0.3 is 5.97 Å². The summed E-state index contributed by atoms with van der Waals surface area (Å²) in [7, 11) is 0. The van der Waals surface area contributed by atoms with Gasteiger partial charge in [-0.15, -0.1) is 11.3 Å². The lowest BCUT2D eigenvalue weighted by atomic mass is 10.0. The Hall–Kier alpha value is -2.60. The van der Waals surface area contributed by atoms with Crippen LogP contribution in [0.1, 0.15) is 37.8 Å². The van der Waals surface area contributed by atoms with Crippen molar-refractivity contribution in [3.63, 3.8) is 0 Å². The highest BCUT2D eigenvalue weighted by atomic mass is 32.1. The van der Waals surface area contributed by atoms with Gasteiger partial charge < -0.3 is 15.0 Å². The van der Waals surface area contributed by atoms with E-state index in [0.717, 1.165) is 33.5 Å². The van der Waals surface area contributed by atoms with Crippen LogP contribution >= 0.6 is 11.3 Å². The van der Waals surface area contributed by atoms with Crippen LogP contribution in [0.3, 0.4) is 0 Å². The van der Waals surface area contributed by atoms with E-state index in [-0.39, 0.29) is 30.9 Å². The molecule has 1 atom stereocenters. The summed E-state index contributed by atoms with van der Waals surface area (Å²) in [6, 6.07) is 10.5. The van der Waals surface area contributed by atoms with Crippen LogP contribution in [0.15, 0.2) is 35.7 Å². The van der Waals surface area contributed by atoms with Gasteiger partial charge in [-0.25, -0.2) is 0 Å². The average Bonchev–Trinajstić information content (AvgIpc) is 3.32. The van der Waals surface area contributed by atoms with Crippen LogP contribution in [0.25, 0.3) is 21.5 Å². The molecular weight excluding hydrogens is 372 g/mol. The maximum atomic E-state index is 12.2. The quantitative estimate of drug-likeness (QED) is 0.545. The highest BCUT2D eigenvalue weighted by molar-refractivity contribution is 7.13. The molecule has 0 aliphatic carbocycles. The molecule has 0 unspecified atom stereocenters. The molecule has 5 nitrogen and oxygen atoms in total. The van der Waals surface area contributed by atoms with Crippen molar-refractivity contribution in [2.45, 2.75) is 46.1 Å². The Balaban J connectivity index is 1.70. The van der Waals surface area contributed by atoms with E-state index < -0.39 is 0 Å². The molecule has 6 heteroatoms. The molecule has 2 aromatic heterocycles. The smallest absolute Gasteiger partial charge is 0.306 e. The van der Waals surface area contributed by atoms with Gasteiger partial charge in [-0.05, 0) is 55.8 Å². The predicted octanol–water partition coefficient (Wildman–Crippen LogP) is 4.60. The maximum absolute atomic E-state index is 12.2. The van der Waals surface area contributed by atoms with Crippen molar-refractivity contribution in [2.75, 3.05) is 6.61 Å². The van der Waals surface area contributed by atoms with Crippen LogP contribution in [-0.2, 0) is 20.7 Å². The number of carbonyl (C=O) groups is 2. The number of aryl methyl sites for hydroxylation is 2. The van der Waals surface area contributed by atoms with Crippen LogP contribution in [0.4, 0.5) is 0 Å². The van der Waals surface area contributed by atoms with Gasteiger partial charge in [0, 0.05) is 23.4 Å². The number of hydrogen-bond acceptors (Lipinski definition) is 4. The third kappa shape index (κ3) is 4.81. The maximum Gasteiger partial charge on any atom is 0.306 e. The summed E-state index contributed by atoms with van der Waals surface area (Å²) < 4.78 is 5.16. The molecule has 0 radical (unpaired) electrons. The van der Waals surface area contributed by atoms with Gasteiger partial charge in [0.15, 0.2) is 6.61 Å². The zero-order valence-corrected chi connectivity index (χ0v) is 17.3. The fourth-order valence-corrected chi connectivity index (χ4v) is 3.87. The van der Waals surface area contributed by atoms with Gasteiger partial charge in [-0.1, -0.05) is 24.6 Å². The lowest BCUT2D eigenvalue weighted by Gasteiger charge is -2.11. The van der Waals surface area contributed by atoms with E-state index in [9.17, 15) is 9.59 Å². The second-order valence-electron chi connectivity index (χ2n) is 7.04. The molecule has 3 aromatic rings. The molecular formula is C22H26N2O3S. The van der Waals surface area contributed by atoms with Gasteiger partial charge in [0.25, 0.3) is 5.91 Å². The number of amides is 1. The number of hydrogen-bond donors (Lipinski definition) is 2. The predicted molar refractivity (Wildman–Crippen MR) is 114 cm³/mol. The molecule has 3 rings (SSSR count). The van der Waals surface area contributed by atoms with Gasteiger partial charge in [0.2, 0.25) is 0 Å². The topological polar surface area (TPSA) is 71.2 Å². The van der Waals surface area contributed by atoms with Crippen molar-refractivity contribution in [2.24, 2.45) is 0 Å². The van der Waals surface area contributed by atoms with Gasteiger partial charge in [0.05, 0.1) is 10.6 Å². The van der Waals surface area contributed by atoms with E-state index in [4.69, 9.17) is 4.74 Å². The van der Waals surface area contributed by atoms with Crippen LogP contribution in [0, 0.1) is 6.92 Å². The van der Waals surface area contributed by atoms with Crippen molar-refractivity contribution >= 4 is 34.1 Å². The average molecular weight is 399 g/mol. The minimum absolute atomic E-state index is 0.0778. The second kappa shape index (κ2) is 9.06. The van der Waals surface area contributed by atoms with Gasteiger partial charge in [0.1, 0.15) is 0 Å². The van der Waals surface area contributed by atoms with Crippen LogP contribution < -0.4 is 5.32 Å². The molecule has 0 spiro atoms. The molecule has 0 aliphatic rings. The van der Waals surface area contributed by atoms with Crippen LogP contribution in [0.2, 0.25) is 0 Å². The summed E-state index contributed by atoms with van der Waals surface area (Å²) in [5, 5.41) is 5.96. The van der Waals surface area contributed by atoms with Gasteiger partial charge in [-0.2, -0.15) is 0 Å². The van der Waals surface area contributed by atoms with Crippen molar-refractivity contribution < 1.29 is 14.3 Å². The summed E-state index contributed by atoms with van der Waals surface area (Å²) >= 11 is 1.67. The lowest BCUT2D eigenvalue weighted by Crippen LogP contribution is -2.35. The minimum Gasteiger partial charge on any atom is -0.456 e. The molecule has 0 fully saturated rings. The summed E-state index contributed by atoms with van der Waals surface area (Å²) in [5.74, 6) is -0.622. The number of carbonyl (C=O) groups excluding carboxylic acids is 2. The number of aromatic nitrogens is 1. The molecule has 0 saturated heterocycles. The lowest BCUT2D eigenvalue weighted by molar-refractivity contribution is -0.148. The number of H-pyrrole nitrogens is 1. The monoisotopic (exact) mass is 398 g/mol. The van der Waals surface area contributed by atoms with E-state index in [2.05, 4.69) is 41.5 Å². The Kier molecular flexibility index (Phi) is 6.52. The first kappa shape index (κ1) is 20.1. The van der Waals surface area contributed by atoms with Crippen LogP contribution in [0.5, 0.6) is 0 Å². The third-order valence-corrected chi connectivity index (χ3v) is 5.68. The van der Waals surface area contributed by atoms with Crippen molar-refractivity contribution in [3.05, 3.63) is 46.8 Å². The molecule has 0 aliphatic heterocycles. The summed E-state index contributed by atoms with van der Waals surface area (Å²) in [6.07, 6.45) is 1.63. The van der Waals surface area contributed by atoms with Crippen molar-refractivity contribution in [3.8, 4) is 10.6 Å². The molecule has 0 saturated carbocycles. The highest BCUT2D eigenvalue weighted by Crippen LogP contribution is 2.34. The number of benzene rings is 1. The fraction of sp³-hybridized carbons (Fsp3) is 0.364. The first-order valence-electron chi connectivity index (χ1n) is 9.58. The van der Waals surface area contributed by atoms with E-state index in [1.165, 1.54) is 5.56 Å². The van der Waals surface area contributed by atoms with E-state index in [1.54, 1.807) is 11.3 Å². The summed E-state index contributed by atoms with van der Waals surface area (Å²) in [6.45, 7) is 5.75. The fourth-order valence-electron chi connectivity index (χ4n) is 3.12. The Bertz CT molecular complexity index is 960.